The number of Topliss-reactive ketones (excluding diaryl/α,β-unsaturated/α-hetero) is 1. The molecule has 1 saturated heterocycles. The number of carbonyl (C=O) groups is 2. The van der Waals surface area contributed by atoms with Gasteiger partial charge in [-0.25, -0.2) is 0 Å². The van der Waals surface area contributed by atoms with Gasteiger partial charge in [0.05, 0.1) is 17.7 Å². The number of hydrogen-bond acceptors (Lipinski definition) is 4. The summed E-state index contributed by atoms with van der Waals surface area (Å²) >= 11 is 0. The van der Waals surface area contributed by atoms with Crippen molar-refractivity contribution in [3.05, 3.63) is 46.7 Å². The molecule has 3 rings (SSSR count). The highest BCUT2D eigenvalue weighted by Crippen LogP contribution is 2.42. The number of aliphatic hydroxyl groups excluding tert-OH is 1. The molecular weight excluding hydrogens is 330 g/mol. The van der Waals surface area contributed by atoms with E-state index in [-0.39, 0.29) is 17.5 Å². The van der Waals surface area contributed by atoms with Gasteiger partial charge in [0.15, 0.2) is 11.5 Å². The van der Waals surface area contributed by atoms with E-state index in [1.807, 2.05) is 31.2 Å². The molecule has 2 unspecified atom stereocenters. The molecule has 26 heavy (non-hydrogen) atoms. The topological polar surface area (TPSA) is 66.8 Å². The van der Waals surface area contributed by atoms with Gasteiger partial charge in [-0.3, -0.25) is 9.59 Å². The van der Waals surface area contributed by atoms with E-state index in [4.69, 9.17) is 4.74 Å². The van der Waals surface area contributed by atoms with E-state index >= 15 is 0 Å². The van der Waals surface area contributed by atoms with Crippen molar-refractivity contribution in [3.63, 3.8) is 0 Å². The number of rotatable bonds is 4. The summed E-state index contributed by atoms with van der Waals surface area (Å²) in [4.78, 5) is 27.5. The standard InChI is InChI=1S/C21H27NO4/c1-13-8-5-6-10-15(13)17-16(19(24)21(2,3)4)18(23)20(25)22(17)12-14-9-7-11-26-14/h5-6,8,10,14,17,23H,7,9,11-12H2,1-4H3. The van der Waals surface area contributed by atoms with Gasteiger partial charge in [0.1, 0.15) is 0 Å². The third-order valence-electron chi connectivity index (χ3n) is 5.14. The molecule has 0 radical (unpaired) electrons. The first-order valence-corrected chi connectivity index (χ1v) is 9.18. The molecule has 2 heterocycles. The molecule has 1 fully saturated rings. The maximum absolute atomic E-state index is 13.1. The third-order valence-corrected chi connectivity index (χ3v) is 5.14. The van der Waals surface area contributed by atoms with Crippen LogP contribution in [0.4, 0.5) is 0 Å². The zero-order valence-electron chi connectivity index (χ0n) is 15.9. The number of amides is 1. The average Bonchev–Trinajstić information content (AvgIpc) is 3.16. The Morgan fingerprint density at radius 1 is 1.31 bits per heavy atom. The highest BCUT2D eigenvalue weighted by atomic mass is 16.5. The van der Waals surface area contributed by atoms with Gasteiger partial charge >= 0.3 is 0 Å². The fourth-order valence-electron chi connectivity index (χ4n) is 3.70. The van der Waals surface area contributed by atoms with Crippen LogP contribution in [0, 0.1) is 12.3 Å². The summed E-state index contributed by atoms with van der Waals surface area (Å²) in [6.45, 7) is 8.43. The van der Waals surface area contributed by atoms with Crippen LogP contribution in [0.3, 0.4) is 0 Å². The van der Waals surface area contributed by atoms with Gasteiger partial charge in [0, 0.05) is 18.6 Å². The Balaban J connectivity index is 2.07. The summed E-state index contributed by atoms with van der Waals surface area (Å²) in [5.74, 6) is -1.11. The fourth-order valence-corrected chi connectivity index (χ4v) is 3.70. The molecule has 140 valence electrons. The molecule has 0 aromatic heterocycles. The van der Waals surface area contributed by atoms with Crippen molar-refractivity contribution in [1.29, 1.82) is 0 Å². The number of hydrogen-bond donors (Lipinski definition) is 1. The third kappa shape index (κ3) is 3.28. The van der Waals surface area contributed by atoms with Gasteiger partial charge in [-0.1, -0.05) is 45.0 Å². The molecule has 2 aliphatic rings. The molecule has 0 aliphatic carbocycles. The van der Waals surface area contributed by atoms with E-state index < -0.39 is 23.1 Å². The van der Waals surface area contributed by atoms with Crippen LogP contribution in [0.25, 0.3) is 0 Å². The molecule has 1 aromatic rings. The van der Waals surface area contributed by atoms with Gasteiger partial charge in [-0.05, 0) is 30.9 Å². The van der Waals surface area contributed by atoms with Gasteiger partial charge in [-0.15, -0.1) is 0 Å². The summed E-state index contributed by atoms with van der Waals surface area (Å²) < 4.78 is 5.70. The van der Waals surface area contributed by atoms with Crippen LogP contribution in [0.5, 0.6) is 0 Å². The van der Waals surface area contributed by atoms with E-state index in [0.29, 0.717) is 13.2 Å². The number of ketones is 1. The maximum atomic E-state index is 13.1. The van der Waals surface area contributed by atoms with Crippen molar-refractivity contribution in [2.24, 2.45) is 5.41 Å². The van der Waals surface area contributed by atoms with Crippen LogP contribution in [0.1, 0.15) is 50.8 Å². The van der Waals surface area contributed by atoms with Crippen molar-refractivity contribution in [2.75, 3.05) is 13.2 Å². The maximum Gasteiger partial charge on any atom is 0.290 e. The van der Waals surface area contributed by atoms with Crippen molar-refractivity contribution in [1.82, 2.24) is 4.90 Å². The second-order valence-corrected chi connectivity index (χ2v) is 8.19. The van der Waals surface area contributed by atoms with Crippen LogP contribution < -0.4 is 0 Å². The van der Waals surface area contributed by atoms with Crippen molar-refractivity contribution in [3.8, 4) is 0 Å². The lowest BCUT2D eigenvalue weighted by atomic mass is 9.81. The normalized spacial score (nSPS) is 23.8. The van der Waals surface area contributed by atoms with Crippen LogP contribution in [-0.2, 0) is 14.3 Å². The largest absolute Gasteiger partial charge is 0.503 e. The first-order chi connectivity index (χ1) is 12.2. The smallest absolute Gasteiger partial charge is 0.290 e. The summed E-state index contributed by atoms with van der Waals surface area (Å²) in [5.41, 5.74) is 1.37. The van der Waals surface area contributed by atoms with E-state index in [2.05, 4.69) is 0 Å². The highest BCUT2D eigenvalue weighted by molar-refractivity contribution is 6.10. The second-order valence-electron chi connectivity index (χ2n) is 8.19. The highest BCUT2D eigenvalue weighted by Gasteiger charge is 2.47. The summed E-state index contributed by atoms with van der Waals surface area (Å²) in [6.07, 6.45) is 1.80. The van der Waals surface area contributed by atoms with Crippen LogP contribution in [-0.4, -0.2) is 41.0 Å². The Kier molecular flexibility index (Phi) is 4.93. The predicted molar refractivity (Wildman–Crippen MR) is 98.7 cm³/mol. The number of aliphatic hydroxyl groups is 1. The molecule has 0 saturated carbocycles. The number of benzene rings is 1. The first kappa shape index (κ1) is 18.6. The minimum atomic E-state index is -0.690. The molecule has 1 N–H and O–H groups in total. The SMILES string of the molecule is Cc1ccccc1C1C(C(=O)C(C)(C)C)=C(O)C(=O)N1CC1CCCO1. The van der Waals surface area contributed by atoms with Crippen molar-refractivity contribution < 1.29 is 19.4 Å². The number of nitrogens with zero attached hydrogens (tertiary/aromatic N) is 1. The Labute approximate surface area is 154 Å². The Morgan fingerprint density at radius 3 is 2.58 bits per heavy atom. The predicted octanol–water partition coefficient (Wildman–Crippen LogP) is 3.48. The van der Waals surface area contributed by atoms with Crippen LogP contribution in [0.15, 0.2) is 35.6 Å². The van der Waals surface area contributed by atoms with Crippen molar-refractivity contribution in [2.45, 2.75) is 52.7 Å². The lowest BCUT2D eigenvalue weighted by Crippen LogP contribution is -2.38. The number of ether oxygens (including phenoxy) is 1. The zero-order chi connectivity index (χ0) is 19.1. The van der Waals surface area contributed by atoms with E-state index in [9.17, 15) is 14.7 Å². The summed E-state index contributed by atoms with van der Waals surface area (Å²) in [6, 6.07) is 7.13. The van der Waals surface area contributed by atoms with Gasteiger partial charge < -0.3 is 14.7 Å². The quantitative estimate of drug-likeness (QED) is 0.896. The molecule has 1 aromatic carbocycles. The number of aryl methyl sites for hydroxylation is 1. The minimum absolute atomic E-state index is 0.0534. The Morgan fingerprint density at radius 2 is 2.00 bits per heavy atom. The molecule has 0 spiro atoms. The van der Waals surface area contributed by atoms with E-state index in [1.165, 1.54) is 0 Å². The molecule has 2 aliphatic heterocycles. The van der Waals surface area contributed by atoms with Crippen LogP contribution >= 0.6 is 0 Å². The van der Waals surface area contributed by atoms with Gasteiger partial charge in [0.2, 0.25) is 0 Å². The fraction of sp³-hybridized carbons (Fsp3) is 0.524. The van der Waals surface area contributed by atoms with Gasteiger partial charge in [-0.2, -0.15) is 0 Å². The zero-order valence-corrected chi connectivity index (χ0v) is 15.9. The van der Waals surface area contributed by atoms with E-state index in [0.717, 1.165) is 24.0 Å². The second kappa shape index (κ2) is 6.88. The molecule has 2 atom stereocenters. The van der Waals surface area contributed by atoms with Crippen molar-refractivity contribution >= 4 is 11.7 Å². The molecule has 5 heteroatoms. The lowest BCUT2D eigenvalue weighted by Gasteiger charge is -2.31. The Hall–Kier alpha value is -2.14. The van der Waals surface area contributed by atoms with Crippen LogP contribution in [0.2, 0.25) is 0 Å². The molecular formula is C21H27NO4. The first-order valence-electron chi connectivity index (χ1n) is 9.18. The summed E-state index contributed by atoms with van der Waals surface area (Å²) in [7, 11) is 0. The minimum Gasteiger partial charge on any atom is -0.503 e. The molecule has 0 bridgehead atoms. The monoisotopic (exact) mass is 357 g/mol. The molecule has 1 amide bonds. The Bertz CT molecular complexity index is 754. The average molecular weight is 357 g/mol. The summed E-state index contributed by atoms with van der Waals surface area (Å²) in [5, 5.41) is 10.6. The number of carbonyl (C=O) groups excluding carboxylic acids is 2. The molecule has 5 nitrogen and oxygen atoms in total. The van der Waals surface area contributed by atoms with E-state index in [1.54, 1.807) is 25.7 Å². The van der Waals surface area contributed by atoms with Gasteiger partial charge in [0.25, 0.3) is 5.91 Å². The lowest BCUT2D eigenvalue weighted by molar-refractivity contribution is -0.131.